The van der Waals surface area contributed by atoms with Gasteiger partial charge < -0.3 is 29.4 Å². The number of amides is 1. The predicted octanol–water partition coefficient (Wildman–Crippen LogP) is 3.95. The molecular weight excluding hydrogens is 468 g/mol. The van der Waals surface area contributed by atoms with Gasteiger partial charge >= 0.3 is 5.97 Å². The molecule has 0 saturated carbocycles. The topological polar surface area (TPSA) is 109 Å². The van der Waals surface area contributed by atoms with Gasteiger partial charge in [0, 0.05) is 13.5 Å². The van der Waals surface area contributed by atoms with Gasteiger partial charge in [0.25, 0.3) is 0 Å². The average molecular weight is 519 g/mol. The summed E-state index contributed by atoms with van der Waals surface area (Å²) >= 11 is 0. The van der Waals surface area contributed by atoms with Crippen LogP contribution in [-0.4, -0.2) is 72.1 Å². The largest absolute Gasteiger partial charge is 0.466 e. The van der Waals surface area contributed by atoms with Crippen LogP contribution in [-0.2, 0) is 27.9 Å². The van der Waals surface area contributed by atoms with Crippen LogP contribution >= 0.6 is 0 Å². The zero-order valence-electron chi connectivity index (χ0n) is 22.8. The molecule has 0 unspecified atom stereocenters. The number of carbonyl (C=O) groups is 2. The highest BCUT2D eigenvalue weighted by Crippen LogP contribution is 2.36. The van der Waals surface area contributed by atoms with Crippen LogP contribution in [0.4, 0.5) is 0 Å². The highest BCUT2D eigenvalue weighted by atomic mass is 28.4. The van der Waals surface area contributed by atoms with Gasteiger partial charge in [0.1, 0.15) is 0 Å². The molecule has 0 aromatic carbocycles. The third kappa shape index (κ3) is 7.86. The molecule has 200 valence electrons. The number of nitrogens with one attached hydrogen (secondary N) is 1. The SMILES string of the molecule is CCOC(=O)C[C@@H]1O[C@H](CN)[C@@H](O[Si](CC)(CC)CC)[C@H](O[Si](CC)(CC)CC)[C@H]1NC(C)=O. The fourth-order valence-electron chi connectivity index (χ4n) is 5.03. The summed E-state index contributed by atoms with van der Waals surface area (Å²) in [5.41, 5.74) is 6.22. The summed E-state index contributed by atoms with van der Waals surface area (Å²) in [7, 11) is -4.15. The van der Waals surface area contributed by atoms with E-state index in [0.717, 1.165) is 36.3 Å². The van der Waals surface area contributed by atoms with Crippen molar-refractivity contribution in [2.75, 3.05) is 13.2 Å². The van der Waals surface area contributed by atoms with Crippen LogP contribution in [0.2, 0.25) is 36.3 Å². The fraction of sp³-hybridized carbons (Fsp3) is 0.917. The van der Waals surface area contributed by atoms with Crippen molar-refractivity contribution in [3.8, 4) is 0 Å². The Balaban J connectivity index is 3.57. The number of nitrogens with two attached hydrogens (primary N) is 1. The maximum Gasteiger partial charge on any atom is 0.308 e. The van der Waals surface area contributed by atoms with Gasteiger partial charge in [-0.3, -0.25) is 9.59 Å². The van der Waals surface area contributed by atoms with Gasteiger partial charge in [-0.25, -0.2) is 0 Å². The molecule has 1 aliphatic rings. The van der Waals surface area contributed by atoms with Crippen LogP contribution in [0.25, 0.3) is 0 Å². The van der Waals surface area contributed by atoms with Crippen molar-refractivity contribution in [3.05, 3.63) is 0 Å². The highest BCUT2D eigenvalue weighted by Gasteiger charge is 2.52. The summed E-state index contributed by atoms with van der Waals surface area (Å²) in [6, 6.07) is 5.31. The quantitative estimate of drug-likeness (QED) is 0.249. The Bertz CT molecular complexity index is 614. The molecule has 0 aromatic heterocycles. The molecule has 1 amide bonds. The first kappa shape index (κ1) is 31.2. The Kier molecular flexibility index (Phi) is 13.5. The third-order valence-electron chi connectivity index (χ3n) is 7.71. The summed E-state index contributed by atoms with van der Waals surface area (Å²) in [6.45, 7) is 16.9. The van der Waals surface area contributed by atoms with Crippen LogP contribution < -0.4 is 11.1 Å². The van der Waals surface area contributed by atoms with Crippen molar-refractivity contribution in [3.63, 3.8) is 0 Å². The second kappa shape index (κ2) is 14.7. The van der Waals surface area contributed by atoms with Gasteiger partial charge in [0.2, 0.25) is 5.91 Å². The van der Waals surface area contributed by atoms with E-state index in [9.17, 15) is 9.59 Å². The summed E-state index contributed by atoms with van der Waals surface area (Å²) in [6.07, 6.45) is -1.83. The minimum atomic E-state index is -2.10. The first-order chi connectivity index (χ1) is 16.1. The molecule has 0 spiro atoms. The number of esters is 1. The Labute approximate surface area is 209 Å². The molecule has 8 nitrogen and oxygen atoms in total. The molecule has 5 atom stereocenters. The van der Waals surface area contributed by atoms with Crippen LogP contribution in [0.3, 0.4) is 0 Å². The van der Waals surface area contributed by atoms with Crippen molar-refractivity contribution < 1.29 is 27.9 Å². The van der Waals surface area contributed by atoms with E-state index >= 15 is 0 Å². The van der Waals surface area contributed by atoms with Gasteiger partial charge in [-0.2, -0.15) is 0 Å². The lowest BCUT2D eigenvalue weighted by Crippen LogP contribution is -2.69. The molecule has 3 N–H and O–H groups in total. The average Bonchev–Trinajstić information content (AvgIpc) is 2.83. The highest BCUT2D eigenvalue weighted by molar-refractivity contribution is 6.74. The first-order valence-corrected chi connectivity index (χ1v) is 18.3. The number of hydrogen-bond donors (Lipinski definition) is 2. The molecule has 0 aliphatic carbocycles. The summed E-state index contributed by atoms with van der Waals surface area (Å²) < 4.78 is 25.7. The van der Waals surface area contributed by atoms with E-state index in [1.54, 1.807) is 6.92 Å². The lowest BCUT2D eigenvalue weighted by atomic mass is 9.91. The number of hydrogen-bond acceptors (Lipinski definition) is 7. The first-order valence-electron chi connectivity index (χ1n) is 13.3. The van der Waals surface area contributed by atoms with E-state index in [1.165, 1.54) is 6.92 Å². The van der Waals surface area contributed by atoms with Gasteiger partial charge in [-0.05, 0) is 43.2 Å². The van der Waals surface area contributed by atoms with Crippen LogP contribution in [0, 0.1) is 0 Å². The van der Waals surface area contributed by atoms with Crippen LogP contribution in [0.15, 0.2) is 0 Å². The van der Waals surface area contributed by atoms with E-state index in [4.69, 9.17) is 24.1 Å². The van der Waals surface area contributed by atoms with Gasteiger partial charge in [-0.15, -0.1) is 0 Å². The Hall–Kier alpha value is -0.786. The van der Waals surface area contributed by atoms with Gasteiger partial charge in [-0.1, -0.05) is 41.5 Å². The number of rotatable bonds is 15. The van der Waals surface area contributed by atoms with Crippen molar-refractivity contribution in [1.82, 2.24) is 5.32 Å². The molecule has 10 heteroatoms. The Morgan fingerprint density at radius 3 is 1.68 bits per heavy atom. The minimum absolute atomic E-state index is 0.0265. The maximum atomic E-state index is 12.4. The molecule has 0 bridgehead atoms. The van der Waals surface area contributed by atoms with Crippen molar-refractivity contribution >= 4 is 28.5 Å². The molecule has 1 aliphatic heterocycles. The monoisotopic (exact) mass is 518 g/mol. The lowest BCUT2D eigenvalue weighted by Gasteiger charge is -2.51. The second-order valence-corrected chi connectivity index (χ2v) is 18.8. The number of ether oxygens (including phenoxy) is 2. The van der Waals surface area contributed by atoms with Gasteiger partial charge in [0.15, 0.2) is 16.6 Å². The maximum absolute atomic E-state index is 12.4. The van der Waals surface area contributed by atoms with Crippen LogP contribution in [0.5, 0.6) is 0 Å². The zero-order chi connectivity index (χ0) is 25.9. The predicted molar refractivity (Wildman–Crippen MR) is 141 cm³/mol. The minimum Gasteiger partial charge on any atom is -0.466 e. The lowest BCUT2D eigenvalue weighted by molar-refractivity contribution is -0.182. The number of carbonyl (C=O) groups excluding carboxylic acids is 2. The van der Waals surface area contributed by atoms with Crippen molar-refractivity contribution in [2.45, 2.75) is 129 Å². The second-order valence-electron chi connectivity index (χ2n) is 9.34. The fourth-order valence-corrected chi connectivity index (χ4v) is 10.8. The normalized spacial score (nSPS) is 25.7. The van der Waals surface area contributed by atoms with E-state index in [1.807, 2.05) is 0 Å². The third-order valence-corrected chi connectivity index (χ3v) is 17.0. The van der Waals surface area contributed by atoms with E-state index in [2.05, 4.69) is 46.9 Å². The molecule has 1 rings (SSSR count). The van der Waals surface area contributed by atoms with Crippen molar-refractivity contribution in [1.29, 1.82) is 0 Å². The Morgan fingerprint density at radius 1 is 0.824 bits per heavy atom. The van der Waals surface area contributed by atoms with Crippen molar-refractivity contribution in [2.24, 2.45) is 5.73 Å². The molecule has 1 saturated heterocycles. The van der Waals surface area contributed by atoms with Crippen LogP contribution in [0.1, 0.15) is 61.8 Å². The van der Waals surface area contributed by atoms with Gasteiger partial charge in [0.05, 0.1) is 43.5 Å². The van der Waals surface area contributed by atoms with E-state index in [0.29, 0.717) is 0 Å². The summed E-state index contributed by atoms with van der Waals surface area (Å²) in [5.74, 6) is -0.552. The van der Waals surface area contributed by atoms with E-state index < -0.39 is 47.1 Å². The molecule has 1 heterocycles. The molecule has 1 fully saturated rings. The standard InChI is InChI=1S/C24H50N2O6Si2/c1-9-29-21(28)16-19-22(26-18(8)27)24(32-34(13-5,14-6)15-7)23(20(17-25)30-19)31-33(10-2,11-3)12-4/h19-20,22-24H,9-17,25H2,1-8H3,(H,26,27)/t19-,20+,22-,23+,24+/m0/s1. The Morgan fingerprint density at radius 2 is 1.29 bits per heavy atom. The summed E-state index contributed by atoms with van der Waals surface area (Å²) in [4.78, 5) is 24.8. The van der Waals surface area contributed by atoms with E-state index in [-0.39, 0.29) is 31.4 Å². The molecule has 34 heavy (non-hydrogen) atoms. The summed E-state index contributed by atoms with van der Waals surface area (Å²) in [5, 5.41) is 3.06. The molecular formula is C24H50N2O6Si2. The molecule has 0 radical (unpaired) electrons. The zero-order valence-corrected chi connectivity index (χ0v) is 24.8. The molecule has 0 aromatic rings. The smallest absolute Gasteiger partial charge is 0.308 e.